The monoisotopic (exact) mass is 572 g/mol. The molecule has 39 heavy (non-hydrogen) atoms. The average Bonchev–Trinajstić information content (AvgIpc) is 3.14. The Hall–Kier alpha value is -2.67. The molecule has 0 aromatic heterocycles. The Morgan fingerprint density at radius 1 is 1.15 bits per heavy atom. The normalized spacial score (nSPS) is 27.1. The minimum absolute atomic E-state index is 0.336. The van der Waals surface area contributed by atoms with Crippen molar-refractivity contribution in [2.24, 2.45) is 11.1 Å². The van der Waals surface area contributed by atoms with E-state index in [9.17, 15) is 20.0 Å². The maximum Gasteiger partial charge on any atom is 0.321 e. The molecule has 2 aliphatic rings. The third-order valence-corrected chi connectivity index (χ3v) is 8.20. The fraction of sp³-hybridized carbons (Fsp3) is 0.483. The first-order valence-electron chi connectivity index (χ1n) is 12.9. The van der Waals surface area contributed by atoms with Gasteiger partial charge in [0, 0.05) is 35.1 Å². The Balaban J connectivity index is 2.08. The molecule has 2 heterocycles. The maximum absolute atomic E-state index is 13.3. The number of rotatable bonds is 7. The van der Waals surface area contributed by atoms with E-state index in [1.54, 1.807) is 53.4 Å². The molecule has 0 radical (unpaired) electrons. The van der Waals surface area contributed by atoms with Gasteiger partial charge in [0.25, 0.3) is 0 Å². The highest BCUT2D eigenvalue weighted by molar-refractivity contribution is 6.30. The number of likely N-dealkylation sites (tertiary alicyclic amines) is 1. The summed E-state index contributed by atoms with van der Waals surface area (Å²) >= 11 is 12.7. The smallest absolute Gasteiger partial charge is 0.321 e. The van der Waals surface area contributed by atoms with Crippen molar-refractivity contribution in [2.75, 3.05) is 26.3 Å². The molecular formula is C29H34Cl2N4O4. The Morgan fingerprint density at radius 2 is 1.79 bits per heavy atom. The number of carboxylic acid groups (broad SMARTS) is 1. The largest absolute Gasteiger partial charge is 0.480 e. The van der Waals surface area contributed by atoms with Gasteiger partial charge >= 0.3 is 5.97 Å². The van der Waals surface area contributed by atoms with Crippen molar-refractivity contribution in [1.29, 1.82) is 5.26 Å². The van der Waals surface area contributed by atoms with E-state index in [1.807, 2.05) is 25.7 Å². The third-order valence-electron chi connectivity index (χ3n) is 7.71. The van der Waals surface area contributed by atoms with Crippen LogP contribution in [0.5, 0.6) is 0 Å². The lowest BCUT2D eigenvalue weighted by molar-refractivity contribution is -0.151. The zero-order chi connectivity index (χ0) is 28.5. The molecule has 2 aromatic carbocycles. The third kappa shape index (κ3) is 5.65. The number of nitrogens with two attached hydrogens (primary N) is 1. The summed E-state index contributed by atoms with van der Waals surface area (Å²) in [6.07, 6.45) is -0.649. The van der Waals surface area contributed by atoms with E-state index in [1.165, 1.54) is 0 Å². The molecule has 8 nitrogen and oxygen atoms in total. The molecule has 1 amide bonds. The van der Waals surface area contributed by atoms with Crippen molar-refractivity contribution in [1.82, 2.24) is 9.80 Å². The molecule has 1 unspecified atom stereocenters. The van der Waals surface area contributed by atoms with Crippen LogP contribution in [0.15, 0.2) is 48.5 Å². The second-order valence-electron chi connectivity index (χ2n) is 11.5. The number of benzene rings is 2. The molecule has 0 bridgehead atoms. The fourth-order valence-corrected chi connectivity index (χ4v) is 6.61. The summed E-state index contributed by atoms with van der Waals surface area (Å²) in [4.78, 5) is 30.1. The summed E-state index contributed by atoms with van der Waals surface area (Å²) in [6.45, 7) is 7.68. The van der Waals surface area contributed by atoms with Crippen molar-refractivity contribution in [3.8, 4) is 6.07 Å². The molecule has 0 aliphatic carbocycles. The van der Waals surface area contributed by atoms with Crippen molar-refractivity contribution in [2.45, 2.75) is 56.8 Å². The number of ether oxygens (including phenoxy) is 1. The van der Waals surface area contributed by atoms with Crippen LogP contribution in [0.4, 0.5) is 0 Å². The van der Waals surface area contributed by atoms with Gasteiger partial charge in [-0.25, -0.2) is 0 Å². The van der Waals surface area contributed by atoms with Gasteiger partial charge in [-0.3, -0.25) is 19.4 Å². The highest BCUT2D eigenvalue weighted by Crippen LogP contribution is 2.56. The lowest BCUT2D eigenvalue weighted by atomic mass is 9.63. The standard InChI is InChI=1S/C29H34Cl2N4O4/c1-28(2,3)16-22-29(17-32,19-7-9-20(30)10-8-19)23(18-5-4-6-21(31)15-18)24(27(37)38)35(22)26(25(33)36)34-11-13-39-14-12-34/h4-10,15,22-24,26H,11-14,16H2,1-3H3,(H2,33,36)(H,37,38)/t22-,23-,24+,26?,29-/m1/s1. The number of halogens is 2. The minimum atomic E-state index is -1.38. The van der Waals surface area contributed by atoms with Gasteiger partial charge in [0.15, 0.2) is 0 Å². The summed E-state index contributed by atoms with van der Waals surface area (Å²) in [7, 11) is 0. The topological polar surface area (TPSA) is 120 Å². The number of carbonyl (C=O) groups is 2. The van der Waals surface area contributed by atoms with Crippen LogP contribution in [-0.2, 0) is 19.7 Å². The molecule has 4 rings (SSSR count). The first kappa shape index (κ1) is 29.3. The predicted octanol–water partition coefficient (Wildman–Crippen LogP) is 4.26. The van der Waals surface area contributed by atoms with E-state index in [-0.39, 0.29) is 5.41 Å². The molecule has 0 spiro atoms. The van der Waals surface area contributed by atoms with E-state index in [4.69, 9.17) is 33.7 Å². The number of nitriles is 1. The molecule has 2 fully saturated rings. The van der Waals surface area contributed by atoms with Gasteiger partial charge in [0.1, 0.15) is 17.6 Å². The molecule has 5 atom stereocenters. The number of primary amides is 1. The van der Waals surface area contributed by atoms with E-state index in [0.717, 1.165) is 0 Å². The number of carbonyl (C=O) groups excluding carboxylic acids is 1. The SMILES string of the molecule is CC(C)(C)C[C@H]1N(C(C(N)=O)N2CCOCC2)[C@H](C(=O)O)[C@@H](c2cccc(Cl)c2)[C@]1(C#N)c1ccc(Cl)cc1. The molecule has 2 saturated heterocycles. The van der Waals surface area contributed by atoms with Gasteiger partial charge in [-0.05, 0) is 47.2 Å². The van der Waals surface area contributed by atoms with E-state index in [2.05, 4.69) is 6.07 Å². The second-order valence-corrected chi connectivity index (χ2v) is 12.3. The van der Waals surface area contributed by atoms with Crippen LogP contribution in [-0.4, -0.2) is 71.3 Å². The van der Waals surface area contributed by atoms with Crippen molar-refractivity contribution in [3.05, 3.63) is 69.7 Å². The van der Waals surface area contributed by atoms with Crippen LogP contribution in [0, 0.1) is 16.7 Å². The number of aliphatic carboxylic acids is 1. The molecule has 2 aliphatic heterocycles. The molecule has 208 valence electrons. The summed E-state index contributed by atoms with van der Waals surface area (Å²) in [6, 6.07) is 14.5. The molecule has 10 heteroatoms. The predicted molar refractivity (Wildman–Crippen MR) is 149 cm³/mol. The van der Waals surface area contributed by atoms with Crippen molar-refractivity contribution >= 4 is 35.1 Å². The number of morpholine rings is 1. The van der Waals surface area contributed by atoms with Crippen molar-refractivity contribution < 1.29 is 19.4 Å². The van der Waals surface area contributed by atoms with Crippen LogP contribution in [0.1, 0.15) is 44.2 Å². The van der Waals surface area contributed by atoms with Crippen LogP contribution in [0.2, 0.25) is 10.0 Å². The van der Waals surface area contributed by atoms with E-state index < -0.39 is 41.5 Å². The summed E-state index contributed by atoms with van der Waals surface area (Å²) in [5.74, 6) is -2.70. The Bertz CT molecular complexity index is 1250. The zero-order valence-electron chi connectivity index (χ0n) is 22.3. The molecule has 2 aromatic rings. The van der Waals surface area contributed by atoms with Gasteiger partial charge in [0.2, 0.25) is 5.91 Å². The second kappa shape index (κ2) is 11.4. The van der Waals surface area contributed by atoms with Gasteiger partial charge < -0.3 is 15.6 Å². The number of amides is 1. The number of hydrogen-bond acceptors (Lipinski definition) is 6. The van der Waals surface area contributed by atoms with Gasteiger partial charge in [0.05, 0.1) is 19.3 Å². The van der Waals surface area contributed by atoms with Crippen LogP contribution < -0.4 is 5.73 Å². The summed E-state index contributed by atoms with van der Waals surface area (Å²) in [5, 5.41) is 22.9. The molecular weight excluding hydrogens is 539 g/mol. The Kier molecular flexibility index (Phi) is 8.60. The van der Waals surface area contributed by atoms with Crippen molar-refractivity contribution in [3.63, 3.8) is 0 Å². The van der Waals surface area contributed by atoms with E-state index in [0.29, 0.717) is 53.9 Å². The van der Waals surface area contributed by atoms with Gasteiger partial charge in [-0.2, -0.15) is 5.26 Å². The summed E-state index contributed by atoms with van der Waals surface area (Å²) < 4.78 is 5.51. The van der Waals surface area contributed by atoms with Gasteiger partial charge in [-0.15, -0.1) is 0 Å². The lowest BCUT2D eigenvalue weighted by Gasteiger charge is -2.45. The van der Waals surface area contributed by atoms with Crippen LogP contribution >= 0.6 is 23.2 Å². The fourth-order valence-electron chi connectivity index (χ4n) is 6.29. The molecule has 3 N–H and O–H groups in total. The lowest BCUT2D eigenvalue weighted by Crippen LogP contribution is -2.63. The molecule has 0 saturated carbocycles. The average molecular weight is 574 g/mol. The van der Waals surface area contributed by atoms with E-state index >= 15 is 0 Å². The Morgan fingerprint density at radius 3 is 2.31 bits per heavy atom. The highest BCUT2D eigenvalue weighted by atomic mass is 35.5. The van der Waals surface area contributed by atoms with Crippen LogP contribution in [0.3, 0.4) is 0 Å². The summed E-state index contributed by atoms with van der Waals surface area (Å²) in [5.41, 5.74) is 5.55. The number of carboxylic acids is 1. The van der Waals surface area contributed by atoms with Gasteiger partial charge in [-0.1, -0.05) is 68.2 Å². The van der Waals surface area contributed by atoms with Crippen LogP contribution in [0.25, 0.3) is 0 Å². The number of nitrogens with zero attached hydrogens (tertiary/aromatic N) is 3. The number of hydrogen-bond donors (Lipinski definition) is 2. The Labute approximate surface area is 239 Å². The quantitative estimate of drug-likeness (QED) is 0.508. The highest BCUT2D eigenvalue weighted by Gasteiger charge is 2.66. The minimum Gasteiger partial charge on any atom is -0.480 e. The maximum atomic E-state index is 13.3. The zero-order valence-corrected chi connectivity index (χ0v) is 23.8. The first-order chi connectivity index (χ1) is 18.4. The first-order valence-corrected chi connectivity index (χ1v) is 13.7.